The summed E-state index contributed by atoms with van der Waals surface area (Å²) in [4.78, 5) is 34.6. The summed E-state index contributed by atoms with van der Waals surface area (Å²) in [6.45, 7) is 1.47. The molecule has 2 aliphatic carbocycles. The number of anilines is 1. The number of hydrogen-bond acceptors (Lipinski definition) is 6. The SMILES string of the molecule is CN(C)C(=O)c1ccc(N2CCC([C@H]3C[C@@H](N(C)C(=O)[C@](O)(c4cccc(OC5CC5)c4)C(F)(F)F)C3)CC2)nc1Cl. The maximum Gasteiger partial charge on any atom is 0.430 e. The molecule has 2 amide bonds. The van der Waals surface area contributed by atoms with Gasteiger partial charge < -0.3 is 24.5 Å². The summed E-state index contributed by atoms with van der Waals surface area (Å²) in [5.41, 5.74) is -3.86. The summed E-state index contributed by atoms with van der Waals surface area (Å²) in [6, 6.07) is 8.21. The second kappa shape index (κ2) is 11.6. The molecule has 1 atom stereocenters. The van der Waals surface area contributed by atoms with Crippen LogP contribution in [-0.4, -0.2) is 84.3 Å². The van der Waals surface area contributed by atoms with Crippen LogP contribution in [0, 0.1) is 11.8 Å². The predicted octanol–water partition coefficient (Wildman–Crippen LogP) is 4.88. The van der Waals surface area contributed by atoms with Crippen LogP contribution in [0.15, 0.2) is 36.4 Å². The van der Waals surface area contributed by atoms with Gasteiger partial charge >= 0.3 is 6.18 Å². The van der Waals surface area contributed by atoms with Crippen LogP contribution in [0.25, 0.3) is 0 Å². The summed E-state index contributed by atoms with van der Waals surface area (Å²) in [5.74, 6) is -0.0501. The van der Waals surface area contributed by atoms with E-state index in [-0.39, 0.29) is 34.9 Å². The standard InChI is InChI=1S/C30H36ClF3N4O4/c1-36(2)27(39)24-9-10-25(35-26(24)31)38-13-11-18(12-14-38)19-15-21(16-19)37(3)28(40)29(41,30(32,33)34)20-5-4-6-23(17-20)42-22-7-8-22/h4-6,9-10,17-19,21-22,41H,7-8,11-16H2,1-3H3/t19-,21+,29-/m1/s1. The van der Waals surface area contributed by atoms with Gasteiger partial charge in [0.25, 0.3) is 17.4 Å². The molecule has 12 heteroatoms. The van der Waals surface area contributed by atoms with Crippen LogP contribution < -0.4 is 9.64 Å². The van der Waals surface area contributed by atoms with Crippen LogP contribution in [-0.2, 0) is 10.4 Å². The van der Waals surface area contributed by atoms with Crippen molar-refractivity contribution < 1.29 is 32.6 Å². The van der Waals surface area contributed by atoms with Crippen molar-refractivity contribution in [2.24, 2.45) is 11.8 Å². The van der Waals surface area contributed by atoms with Crippen molar-refractivity contribution in [1.29, 1.82) is 0 Å². The molecule has 5 rings (SSSR count). The minimum atomic E-state index is -5.21. The number of likely N-dealkylation sites (N-methyl/N-ethyl adjacent to an activating group) is 1. The molecular formula is C30H36ClF3N4O4. The first-order valence-corrected chi connectivity index (χ1v) is 14.6. The number of pyridine rings is 1. The first-order valence-electron chi connectivity index (χ1n) is 14.3. The summed E-state index contributed by atoms with van der Waals surface area (Å²) in [7, 11) is 4.64. The Morgan fingerprint density at radius 2 is 1.69 bits per heavy atom. The average Bonchev–Trinajstić information content (AvgIpc) is 3.74. The van der Waals surface area contributed by atoms with E-state index < -0.39 is 23.2 Å². The zero-order valence-corrected chi connectivity index (χ0v) is 24.7. The second-order valence-electron chi connectivity index (χ2n) is 11.9. The number of piperidine rings is 1. The third kappa shape index (κ3) is 5.90. The highest BCUT2D eigenvalue weighted by atomic mass is 35.5. The van der Waals surface area contributed by atoms with Crippen molar-refractivity contribution in [3.05, 3.63) is 52.7 Å². The number of rotatable bonds is 8. The molecular weight excluding hydrogens is 573 g/mol. The average molecular weight is 609 g/mol. The lowest BCUT2D eigenvalue weighted by Crippen LogP contribution is -2.59. The highest BCUT2D eigenvalue weighted by Crippen LogP contribution is 2.46. The fourth-order valence-electron chi connectivity index (χ4n) is 5.93. The molecule has 1 aliphatic heterocycles. The number of amides is 2. The molecule has 3 fully saturated rings. The van der Waals surface area contributed by atoms with Gasteiger partial charge in [0.15, 0.2) is 0 Å². The van der Waals surface area contributed by atoms with E-state index in [1.54, 1.807) is 26.2 Å². The van der Waals surface area contributed by atoms with Crippen molar-refractivity contribution in [1.82, 2.24) is 14.8 Å². The van der Waals surface area contributed by atoms with E-state index >= 15 is 0 Å². The number of carbonyl (C=O) groups is 2. The van der Waals surface area contributed by atoms with Gasteiger partial charge in [-0.2, -0.15) is 13.2 Å². The van der Waals surface area contributed by atoms with Gasteiger partial charge in [-0.15, -0.1) is 0 Å². The van der Waals surface area contributed by atoms with Gasteiger partial charge in [-0.05, 0) is 74.6 Å². The van der Waals surface area contributed by atoms with Crippen LogP contribution in [0.4, 0.5) is 19.0 Å². The lowest BCUT2D eigenvalue weighted by molar-refractivity contribution is -0.263. The topological polar surface area (TPSA) is 86.2 Å². The smallest absolute Gasteiger partial charge is 0.430 e. The van der Waals surface area contributed by atoms with Gasteiger partial charge in [-0.3, -0.25) is 9.59 Å². The Morgan fingerprint density at radius 1 is 1.02 bits per heavy atom. The maximum absolute atomic E-state index is 14.3. The molecule has 2 saturated carbocycles. The van der Waals surface area contributed by atoms with Crippen LogP contribution in [0.3, 0.4) is 0 Å². The normalized spacial score (nSPS) is 22.6. The van der Waals surface area contributed by atoms with Crippen molar-refractivity contribution in [2.45, 2.75) is 62.4 Å². The summed E-state index contributed by atoms with van der Waals surface area (Å²) < 4.78 is 48.5. The third-order valence-corrected chi connectivity index (χ3v) is 9.11. The van der Waals surface area contributed by atoms with Gasteiger partial charge in [0, 0.05) is 45.8 Å². The number of ether oxygens (including phenoxy) is 1. The highest BCUT2D eigenvalue weighted by molar-refractivity contribution is 6.32. The zero-order valence-electron chi connectivity index (χ0n) is 23.9. The van der Waals surface area contributed by atoms with Gasteiger partial charge in [-0.25, -0.2) is 4.98 Å². The van der Waals surface area contributed by atoms with Crippen molar-refractivity contribution in [3.8, 4) is 5.75 Å². The number of carbonyl (C=O) groups excluding carboxylic acids is 2. The number of aromatic nitrogens is 1. The quantitative estimate of drug-likeness (QED) is 0.430. The number of benzene rings is 1. The zero-order chi connectivity index (χ0) is 30.4. The van der Waals surface area contributed by atoms with E-state index in [1.165, 1.54) is 24.1 Å². The van der Waals surface area contributed by atoms with Crippen molar-refractivity contribution in [3.63, 3.8) is 0 Å². The monoisotopic (exact) mass is 608 g/mol. The van der Waals surface area contributed by atoms with Crippen molar-refractivity contribution >= 4 is 29.2 Å². The molecule has 42 heavy (non-hydrogen) atoms. The Labute approximate surface area is 248 Å². The lowest BCUT2D eigenvalue weighted by Gasteiger charge is -2.48. The number of nitrogens with zero attached hydrogens (tertiary/aromatic N) is 4. The molecule has 3 aliphatic rings. The Hall–Kier alpha value is -3.05. The predicted molar refractivity (Wildman–Crippen MR) is 152 cm³/mol. The molecule has 0 spiro atoms. The Balaban J connectivity index is 1.18. The molecule has 1 aromatic heterocycles. The van der Waals surface area contributed by atoms with Crippen LogP contribution in [0.1, 0.15) is 54.4 Å². The minimum absolute atomic E-state index is 0.0373. The minimum Gasteiger partial charge on any atom is -0.490 e. The molecule has 1 saturated heterocycles. The molecule has 2 aromatic rings. The van der Waals surface area contributed by atoms with E-state index in [0.29, 0.717) is 30.1 Å². The molecule has 8 nitrogen and oxygen atoms in total. The van der Waals surface area contributed by atoms with Crippen LogP contribution in [0.2, 0.25) is 5.15 Å². The fourth-order valence-corrected chi connectivity index (χ4v) is 6.16. The Kier molecular flexibility index (Phi) is 8.37. The van der Waals surface area contributed by atoms with E-state index in [1.807, 2.05) is 0 Å². The summed E-state index contributed by atoms with van der Waals surface area (Å²) in [5, 5.41) is 11.1. The molecule has 0 bridgehead atoms. The molecule has 1 aromatic carbocycles. The lowest BCUT2D eigenvalue weighted by atomic mass is 9.68. The molecule has 0 radical (unpaired) electrons. The first kappa shape index (κ1) is 30.4. The van der Waals surface area contributed by atoms with Gasteiger partial charge in [0.1, 0.15) is 16.7 Å². The van der Waals surface area contributed by atoms with Gasteiger partial charge in [0.2, 0.25) is 0 Å². The Morgan fingerprint density at radius 3 is 2.26 bits per heavy atom. The highest BCUT2D eigenvalue weighted by Gasteiger charge is 2.62. The number of hydrogen-bond donors (Lipinski definition) is 1. The molecule has 228 valence electrons. The largest absolute Gasteiger partial charge is 0.490 e. The molecule has 1 N–H and O–H groups in total. The molecule has 0 unspecified atom stereocenters. The third-order valence-electron chi connectivity index (χ3n) is 8.82. The summed E-state index contributed by atoms with van der Waals surface area (Å²) in [6.07, 6.45) is -0.691. The van der Waals surface area contributed by atoms with E-state index in [0.717, 1.165) is 55.8 Å². The second-order valence-corrected chi connectivity index (χ2v) is 12.2. The van der Waals surface area contributed by atoms with Gasteiger partial charge in [0.05, 0.1) is 11.7 Å². The van der Waals surface area contributed by atoms with E-state index in [9.17, 15) is 27.9 Å². The molecule has 2 heterocycles. The van der Waals surface area contributed by atoms with Crippen LogP contribution in [0.5, 0.6) is 5.75 Å². The summed E-state index contributed by atoms with van der Waals surface area (Å²) >= 11 is 6.29. The van der Waals surface area contributed by atoms with Gasteiger partial charge in [-0.1, -0.05) is 23.7 Å². The number of halogens is 4. The number of alkyl halides is 3. The number of aliphatic hydroxyl groups is 1. The Bertz CT molecular complexity index is 1320. The fraction of sp³-hybridized carbons (Fsp3) is 0.567. The first-order chi connectivity index (χ1) is 19.8. The van der Waals surface area contributed by atoms with Crippen LogP contribution >= 0.6 is 11.6 Å². The van der Waals surface area contributed by atoms with Crippen molar-refractivity contribution in [2.75, 3.05) is 39.1 Å². The van der Waals surface area contributed by atoms with E-state index in [2.05, 4.69) is 9.88 Å². The maximum atomic E-state index is 14.3. The van der Waals surface area contributed by atoms with E-state index in [4.69, 9.17) is 16.3 Å².